The van der Waals surface area contributed by atoms with Gasteiger partial charge < -0.3 is 10.6 Å². The van der Waals surface area contributed by atoms with Crippen LogP contribution in [0.1, 0.15) is 31.4 Å². The summed E-state index contributed by atoms with van der Waals surface area (Å²) in [5, 5.41) is 6.21. The Morgan fingerprint density at radius 3 is 2.33 bits per heavy atom. The lowest BCUT2D eigenvalue weighted by atomic mass is 10.1. The Morgan fingerprint density at radius 2 is 1.83 bits per heavy atom. The minimum atomic E-state index is 0.0879. The van der Waals surface area contributed by atoms with E-state index in [1.807, 2.05) is 13.8 Å². The molecular weight excluding hydrogens is 292 g/mol. The molecule has 0 aliphatic heterocycles. The van der Waals surface area contributed by atoms with Gasteiger partial charge in [-0.2, -0.15) is 0 Å². The fourth-order valence-electron chi connectivity index (χ4n) is 1.88. The Labute approximate surface area is 117 Å². The highest BCUT2D eigenvalue weighted by atomic mass is 79.9. The van der Waals surface area contributed by atoms with Crippen molar-refractivity contribution in [1.82, 2.24) is 5.32 Å². The van der Waals surface area contributed by atoms with Gasteiger partial charge in [0.1, 0.15) is 0 Å². The smallest absolute Gasteiger partial charge is 0.221 e. The van der Waals surface area contributed by atoms with Crippen molar-refractivity contribution in [1.29, 1.82) is 0 Å². The lowest BCUT2D eigenvalue weighted by molar-refractivity contribution is -0.121. The molecule has 100 valence electrons. The van der Waals surface area contributed by atoms with Crippen LogP contribution < -0.4 is 10.6 Å². The number of amides is 1. The third kappa shape index (κ3) is 4.69. The maximum Gasteiger partial charge on any atom is 0.221 e. The lowest BCUT2D eigenvalue weighted by Crippen LogP contribution is -2.31. The molecule has 0 aromatic heterocycles. The Kier molecular flexibility index (Phi) is 5.66. The van der Waals surface area contributed by atoms with Crippen molar-refractivity contribution in [2.75, 3.05) is 11.9 Å². The Bertz CT molecular complexity index is 407. The largest absolute Gasteiger partial charge is 0.384 e. The predicted molar refractivity (Wildman–Crippen MR) is 80.0 cm³/mol. The van der Waals surface area contributed by atoms with Crippen LogP contribution in [0.25, 0.3) is 0 Å². The van der Waals surface area contributed by atoms with Crippen LogP contribution in [-0.4, -0.2) is 18.5 Å². The van der Waals surface area contributed by atoms with E-state index in [2.05, 4.69) is 52.5 Å². The number of carbonyl (C=O) groups is 1. The van der Waals surface area contributed by atoms with E-state index in [0.29, 0.717) is 13.0 Å². The second-order valence-electron chi connectivity index (χ2n) is 4.81. The molecule has 3 nitrogen and oxygen atoms in total. The van der Waals surface area contributed by atoms with E-state index in [0.717, 1.165) is 10.2 Å². The molecule has 2 N–H and O–H groups in total. The van der Waals surface area contributed by atoms with Crippen LogP contribution in [0.2, 0.25) is 0 Å². The number of anilines is 1. The topological polar surface area (TPSA) is 41.1 Å². The Morgan fingerprint density at radius 1 is 1.28 bits per heavy atom. The van der Waals surface area contributed by atoms with Gasteiger partial charge in [-0.1, -0.05) is 15.9 Å². The van der Waals surface area contributed by atoms with E-state index >= 15 is 0 Å². The first-order valence-corrected chi connectivity index (χ1v) is 6.99. The molecule has 0 spiro atoms. The zero-order chi connectivity index (χ0) is 13.7. The van der Waals surface area contributed by atoms with Gasteiger partial charge in [-0.15, -0.1) is 0 Å². The zero-order valence-electron chi connectivity index (χ0n) is 11.4. The van der Waals surface area contributed by atoms with Crippen LogP contribution in [0, 0.1) is 13.8 Å². The summed E-state index contributed by atoms with van der Waals surface area (Å²) in [5.41, 5.74) is 3.49. The van der Waals surface area contributed by atoms with Gasteiger partial charge in [0.15, 0.2) is 0 Å². The molecule has 1 aromatic carbocycles. The summed E-state index contributed by atoms with van der Waals surface area (Å²) in [4.78, 5) is 11.5. The van der Waals surface area contributed by atoms with E-state index in [1.54, 1.807) is 0 Å². The molecule has 0 aliphatic carbocycles. The van der Waals surface area contributed by atoms with Gasteiger partial charge in [-0.3, -0.25) is 4.79 Å². The second-order valence-corrected chi connectivity index (χ2v) is 5.73. The number of halogens is 1. The molecule has 18 heavy (non-hydrogen) atoms. The van der Waals surface area contributed by atoms with E-state index in [9.17, 15) is 4.79 Å². The number of aryl methyl sites for hydroxylation is 2. The molecule has 0 saturated heterocycles. The number of nitrogens with one attached hydrogen (secondary N) is 2. The van der Waals surface area contributed by atoms with Crippen molar-refractivity contribution in [2.45, 2.75) is 40.2 Å². The monoisotopic (exact) mass is 312 g/mol. The highest BCUT2D eigenvalue weighted by molar-refractivity contribution is 9.10. The summed E-state index contributed by atoms with van der Waals surface area (Å²) in [6, 6.07) is 4.35. The molecule has 0 saturated carbocycles. The fraction of sp³-hybridized carbons (Fsp3) is 0.500. The highest BCUT2D eigenvalue weighted by Gasteiger charge is 2.06. The zero-order valence-corrected chi connectivity index (χ0v) is 13.0. The first-order chi connectivity index (χ1) is 8.40. The van der Waals surface area contributed by atoms with Crippen LogP contribution in [0.4, 0.5) is 5.69 Å². The molecule has 0 heterocycles. The van der Waals surface area contributed by atoms with E-state index in [1.165, 1.54) is 11.1 Å². The molecule has 0 aliphatic rings. The molecule has 0 fully saturated rings. The number of carbonyl (C=O) groups excluding carboxylic acids is 1. The number of rotatable bonds is 5. The molecule has 1 aromatic rings. The number of hydrogen-bond acceptors (Lipinski definition) is 2. The van der Waals surface area contributed by atoms with Crippen LogP contribution >= 0.6 is 15.9 Å². The van der Waals surface area contributed by atoms with Gasteiger partial charge in [0.05, 0.1) is 0 Å². The minimum Gasteiger partial charge on any atom is -0.384 e. The van der Waals surface area contributed by atoms with Crippen molar-refractivity contribution in [3.8, 4) is 0 Å². The average molecular weight is 313 g/mol. The van der Waals surface area contributed by atoms with Crippen molar-refractivity contribution >= 4 is 27.5 Å². The summed E-state index contributed by atoms with van der Waals surface area (Å²) in [6.07, 6.45) is 0.493. The van der Waals surface area contributed by atoms with Gasteiger partial charge in [-0.25, -0.2) is 0 Å². The summed E-state index contributed by atoms with van der Waals surface area (Å²) >= 11 is 3.47. The maximum atomic E-state index is 11.5. The van der Waals surface area contributed by atoms with E-state index < -0.39 is 0 Å². The van der Waals surface area contributed by atoms with E-state index in [-0.39, 0.29) is 11.9 Å². The van der Waals surface area contributed by atoms with Crippen LogP contribution in [0.3, 0.4) is 0 Å². The molecule has 0 bridgehead atoms. The third-order valence-electron chi connectivity index (χ3n) is 2.60. The maximum absolute atomic E-state index is 11.5. The number of hydrogen-bond donors (Lipinski definition) is 2. The van der Waals surface area contributed by atoms with Gasteiger partial charge >= 0.3 is 0 Å². The predicted octanol–water partition coefficient (Wildman–Crippen LogP) is 3.39. The summed E-state index contributed by atoms with van der Waals surface area (Å²) in [7, 11) is 0. The number of benzene rings is 1. The SMILES string of the molecule is Cc1cc(Br)cc(C)c1NCCC(=O)NC(C)C. The average Bonchev–Trinajstić information content (AvgIpc) is 2.20. The molecule has 0 radical (unpaired) electrons. The molecule has 4 heteroatoms. The van der Waals surface area contributed by atoms with Crippen molar-refractivity contribution < 1.29 is 4.79 Å². The molecule has 1 rings (SSSR count). The fourth-order valence-corrected chi connectivity index (χ4v) is 2.57. The normalized spacial score (nSPS) is 10.6. The quantitative estimate of drug-likeness (QED) is 0.875. The molecule has 0 atom stereocenters. The molecule has 0 unspecified atom stereocenters. The first-order valence-electron chi connectivity index (χ1n) is 6.20. The van der Waals surface area contributed by atoms with Crippen LogP contribution in [0.5, 0.6) is 0 Å². The Balaban J connectivity index is 2.52. The van der Waals surface area contributed by atoms with Crippen LogP contribution in [-0.2, 0) is 4.79 Å². The highest BCUT2D eigenvalue weighted by Crippen LogP contribution is 2.24. The molecular formula is C14H21BrN2O. The first kappa shape index (κ1) is 15.0. The lowest BCUT2D eigenvalue weighted by Gasteiger charge is -2.14. The summed E-state index contributed by atoms with van der Waals surface area (Å²) < 4.78 is 1.08. The van der Waals surface area contributed by atoms with Crippen LogP contribution in [0.15, 0.2) is 16.6 Å². The van der Waals surface area contributed by atoms with Gasteiger partial charge in [0.25, 0.3) is 0 Å². The van der Waals surface area contributed by atoms with Gasteiger partial charge in [-0.05, 0) is 51.0 Å². The van der Waals surface area contributed by atoms with Gasteiger partial charge in [0.2, 0.25) is 5.91 Å². The Hall–Kier alpha value is -1.03. The summed E-state index contributed by atoms with van der Waals surface area (Å²) in [5.74, 6) is 0.0879. The third-order valence-corrected chi connectivity index (χ3v) is 3.06. The summed E-state index contributed by atoms with van der Waals surface area (Å²) in [6.45, 7) is 8.72. The van der Waals surface area contributed by atoms with Gasteiger partial charge in [0, 0.05) is 29.2 Å². The van der Waals surface area contributed by atoms with Crippen molar-refractivity contribution in [3.05, 3.63) is 27.7 Å². The van der Waals surface area contributed by atoms with Crippen molar-refractivity contribution in [3.63, 3.8) is 0 Å². The minimum absolute atomic E-state index is 0.0879. The standard InChI is InChI=1S/C14H21BrN2O/c1-9(2)17-13(18)5-6-16-14-10(3)7-12(15)8-11(14)4/h7-9,16H,5-6H2,1-4H3,(H,17,18). The van der Waals surface area contributed by atoms with E-state index in [4.69, 9.17) is 0 Å². The second kappa shape index (κ2) is 6.78. The molecule has 1 amide bonds. The van der Waals surface area contributed by atoms with Crippen molar-refractivity contribution in [2.24, 2.45) is 0 Å².